The summed E-state index contributed by atoms with van der Waals surface area (Å²) in [4.78, 5) is 11.8. The smallest absolute Gasteiger partial charge is 0.230 e. The second-order valence-electron chi connectivity index (χ2n) is 5.29. The Morgan fingerprint density at radius 2 is 2.18 bits per heavy atom. The zero-order valence-corrected chi connectivity index (χ0v) is 13.6. The van der Waals surface area contributed by atoms with Gasteiger partial charge in [-0.25, -0.2) is 17.2 Å². The molecule has 1 aromatic rings. The van der Waals surface area contributed by atoms with E-state index >= 15 is 0 Å². The van der Waals surface area contributed by atoms with Crippen LogP contribution in [0.15, 0.2) is 18.2 Å². The average molecular weight is 349 g/mol. The van der Waals surface area contributed by atoms with Gasteiger partial charge in [-0.1, -0.05) is 6.07 Å². The molecule has 0 spiro atoms. The van der Waals surface area contributed by atoms with E-state index in [0.29, 0.717) is 12.0 Å². The molecule has 122 valence electrons. The summed E-state index contributed by atoms with van der Waals surface area (Å²) in [6.07, 6.45) is 0.431. The minimum absolute atomic E-state index is 0.0223. The molecular weight excluding hydrogens is 332 g/mol. The molecule has 1 amide bonds. The molecule has 2 atom stereocenters. The van der Waals surface area contributed by atoms with Gasteiger partial charge in [-0.3, -0.25) is 4.79 Å². The van der Waals surface area contributed by atoms with E-state index in [0.717, 1.165) is 6.07 Å². The summed E-state index contributed by atoms with van der Waals surface area (Å²) in [5.41, 5.74) is 0.336. The number of hydrogen-bond donors (Lipinski definition) is 1. The van der Waals surface area contributed by atoms with Crippen molar-refractivity contribution < 1.29 is 22.0 Å². The molecule has 22 heavy (non-hydrogen) atoms. The number of amides is 1. The van der Waals surface area contributed by atoms with Gasteiger partial charge in [-0.15, -0.1) is 11.8 Å². The third-order valence-electron chi connectivity index (χ3n) is 3.46. The fourth-order valence-electron chi connectivity index (χ4n) is 2.30. The van der Waals surface area contributed by atoms with E-state index in [2.05, 4.69) is 5.32 Å². The van der Waals surface area contributed by atoms with Gasteiger partial charge in [0.25, 0.3) is 0 Å². The molecule has 2 rings (SSSR count). The lowest BCUT2D eigenvalue weighted by Crippen LogP contribution is -2.36. The van der Waals surface area contributed by atoms with Crippen LogP contribution in [0.1, 0.15) is 24.2 Å². The van der Waals surface area contributed by atoms with Crippen LogP contribution < -0.4 is 5.32 Å². The maximum absolute atomic E-state index is 13.6. The Morgan fingerprint density at radius 3 is 2.77 bits per heavy atom. The summed E-state index contributed by atoms with van der Waals surface area (Å²) >= 11 is 1.22. The highest BCUT2D eigenvalue weighted by Crippen LogP contribution is 2.30. The van der Waals surface area contributed by atoms with Crippen molar-refractivity contribution in [1.82, 2.24) is 5.32 Å². The Morgan fingerprint density at radius 1 is 1.45 bits per heavy atom. The van der Waals surface area contributed by atoms with Gasteiger partial charge in [0.15, 0.2) is 9.84 Å². The van der Waals surface area contributed by atoms with E-state index in [1.54, 1.807) is 6.92 Å². The molecule has 0 radical (unpaired) electrons. The Bertz CT molecular complexity index is 664. The third-order valence-corrected chi connectivity index (χ3v) is 6.41. The van der Waals surface area contributed by atoms with Crippen molar-refractivity contribution in [3.8, 4) is 0 Å². The molecule has 1 fully saturated rings. The number of hydrogen-bond acceptors (Lipinski definition) is 4. The zero-order chi connectivity index (χ0) is 16.3. The number of carbonyl (C=O) groups is 1. The van der Waals surface area contributed by atoms with Gasteiger partial charge in [0.2, 0.25) is 5.91 Å². The van der Waals surface area contributed by atoms with Crippen LogP contribution in [0.25, 0.3) is 0 Å². The van der Waals surface area contributed by atoms with Crippen LogP contribution in [0.5, 0.6) is 0 Å². The number of halogens is 2. The third kappa shape index (κ3) is 4.67. The van der Waals surface area contributed by atoms with Crippen molar-refractivity contribution in [3.05, 3.63) is 35.4 Å². The summed E-state index contributed by atoms with van der Waals surface area (Å²) in [5, 5.41) is 2.37. The van der Waals surface area contributed by atoms with E-state index in [1.165, 1.54) is 23.9 Å². The summed E-state index contributed by atoms with van der Waals surface area (Å²) in [5.74, 6) is -1.38. The highest BCUT2D eigenvalue weighted by Gasteiger charge is 2.28. The molecule has 0 saturated carbocycles. The van der Waals surface area contributed by atoms with E-state index in [9.17, 15) is 22.0 Å². The highest BCUT2D eigenvalue weighted by atomic mass is 32.2. The van der Waals surface area contributed by atoms with Crippen LogP contribution in [-0.2, 0) is 14.6 Å². The van der Waals surface area contributed by atoms with Gasteiger partial charge in [0.1, 0.15) is 11.6 Å². The first kappa shape index (κ1) is 17.2. The minimum atomic E-state index is -3.03. The monoisotopic (exact) mass is 349 g/mol. The first-order valence-corrected chi connectivity index (χ1v) is 9.70. The molecule has 4 nitrogen and oxygen atoms in total. The number of nitrogens with one attached hydrogen (secondary N) is 1. The maximum atomic E-state index is 13.6. The lowest BCUT2D eigenvalue weighted by atomic mass is 10.1. The van der Waals surface area contributed by atoms with Crippen molar-refractivity contribution in [2.24, 2.45) is 0 Å². The second kappa shape index (κ2) is 6.95. The number of sulfone groups is 1. The summed E-state index contributed by atoms with van der Waals surface area (Å²) < 4.78 is 49.1. The van der Waals surface area contributed by atoms with E-state index in [4.69, 9.17) is 0 Å². The first-order chi connectivity index (χ1) is 10.3. The molecule has 1 aliphatic heterocycles. The van der Waals surface area contributed by atoms with Crippen LogP contribution in [0.2, 0.25) is 0 Å². The fourth-order valence-corrected chi connectivity index (χ4v) is 4.83. The summed E-state index contributed by atoms with van der Waals surface area (Å²) in [6.45, 7) is 1.73. The summed E-state index contributed by atoms with van der Waals surface area (Å²) in [6, 6.07) is 3.02. The van der Waals surface area contributed by atoms with Gasteiger partial charge in [0, 0.05) is 22.9 Å². The highest BCUT2D eigenvalue weighted by molar-refractivity contribution is 8.00. The average Bonchev–Trinajstić information content (AvgIpc) is 2.75. The fraction of sp³-hybridized carbons (Fsp3) is 0.500. The van der Waals surface area contributed by atoms with Gasteiger partial charge in [-0.2, -0.15) is 0 Å². The molecule has 1 heterocycles. The summed E-state index contributed by atoms with van der Waals surface area (Å²) in [7, 11) is -3.03. The van der Waals surface area contributed by atoms with Crippen LogP contribution >= 0.6 is 11.8 Å². The predicted octanol–water partition coefficient (Wildman–Crippen LogP) is 2.06. The number of carbonyl (C=O) groups excluding carboxylic acids is 1. The number of benzene rings is 1. The van der Waals surface area contributed by atoms with Gasteiger partial charge < -0.3 is 5.32 Å². The molecule has 0 unspecified atom stereocenters. The zero-order valence-electron chi connectivity index (χ0n) is 12.0. The first-order valence-electron chi connectivity index (χ1n) is 6.83. The molecule has 0 aliphatic carbocycles. The van der Waals surface area contributed by atoms with Gasteiger partial charge in [-0.05, 0) is 19.4 Å². The molecule has 1 aliphatic rings. The minimum Gasteiger partial charge on any atom is -0.352 e. The SMILES string of the molecule is C[C@H](SCC(=O)N[C@@H]1CCS(=O)(=O)C1)c1ccc(F)cc1F. The molecular formula is C14H17F2NO3S2. The normalized spacial score (nSPS) is 21.5. The van der Waals surface area contributed by atoms with E-state index in [-0.39, 0.29) is 34.5 Å². The molecule has 1 saturated heterocycles. The van der Waals surface area contributed by atoms with Crippen molar-refractivity contribution in [2.45, 2.75) is 24.6 Å². The Kier molecular flexibility index (Phi) is 5.44. The van der Waals surface area contributed by atoms with E-state index < -0.39 is 21.5 Å². The van der Waals surface area contributed by atoms with Crippen molar-refractivity contribution in [3.63, 3.8) is 0 Å². The lowest BCUT2D eigenvalue weighted by Gasteiger charge is -2.14. The molecule has 1 N–H and O–H groups in total. The predicted molar refractivity (Wildman–Crippen MR) is 82.4 cm³/mol. The van der Waals surface area contributed by atoms with Crippen molar-refractivity contribution >= 4 is 27.5 Å². The van der Waals surface area contributed by atoms with Crippen LogP contribution in [0.3, 0.4) is 0 Å². The van der Waals surface area contributed by atoms with Crippen molar-refractivity contribution in [1.29, 1.82) is 0 Å². The molecule has 8 heteroatoms. The number of thioether (sulfide) groups is 1. The van der Waals surface area contributed by atoms with Gasteiger partial charge >= 0.3 is 0 Å². The molecule has 1 aromatic carbocycles. The van der Waals surface area contributed by atoms with Crippen LogP contribution in [0.4, 0.5) is 8.78 Å². The standard InChI is InChI=1S/C14H17F2NO3S2/c1-9(12-3-2-10(15)6-13(12)16)21-7-14(18)17-11-4-5-22(19,20)8-11/h2-3,6,9,11H,4-5,7-8H2,1H3,(H,17,18)/t9-,11+/m0/s1. The lowest BCUT2D eigenvalue weighted by molar-refractivity contribution is -0.119. The quantitative estimate of drug-likeness (QED) is 0.884. The topological polar surface area (TPSA) is 63.2 Å². The van der Waals surface area contributed by atoms with Gasteiger partial charge in [0.05, 0.1) is 17.3 Å². The largest absolute Gasteiger partial charge is 0.352 e. The van der Waals surface area contributed by atoms with Crippen molar-refractivity contribution in [2.75, 3.05) is 17.3 Å². The Hall–Kier alpha value is -1.15. The second-order valence-corrected chi connectivity index (χ2v) is 8.84. The number of rotatable bonds is 5. The maximum Gasteiger partial charge on any atom is 0.230 e. The van der Waals surface area contributed by atoms with E-state index in [1.807, 2.05) is 0 Å². The van der Waals surface area contributed by atoms with Crippen LogP contribution in [-0.4, -0.2) is 37.6 Å². The Balaban J connectivity index is 1.83. The molecule has 0 bridgehead atoms. The Labute approximate surface area is 132 Å². The van der Waals surface area contributed by atoms with Crippen LogP contribution in [0, 0.1) is 11.6 Å². The molecule has 0 aromatic heterocycles.